The van der Waals surface area contributed by atoms with E-state index in [-0.39, 0.29) is 23.7 Å². The highest BCUT2D eigenvalue weighted by atomic mass is 16.5. The number of amides is 2. The molecule has 3 rings (SSSR count). The molecule has 0 heterocycles. The van der Waals surface area contributed by atoms with Gasteiger partial charge in [-0.3, -0.25) is 9.59 Å². The number of rotatable bonds is 6. The van der Waals surface area contributed by atoms with Gasteiger partial charge in [0.1, 0.15) is 5.75 Å². The minimum Gasteiger partial charge on any atom is -0.495 e. The van der Waals surface area contributed by atoms with E-state index < -0.39 is 0 Å². The van der Waals surface area contributed by atoms with Crippen LogP contribution in [-0.2, 0) is 16.1 Å². The van der Waals surface area contributed by atoms with E-state index in [0.29, 0.717) is 24.4 Å². The lowest BCUT2D eigenvalue weighted by Crippen LogP contribution is -2.29. The minimum atomic E-state index is -0.272. The van der Waals surface area contributed by atoms with Crippen molar-refractivity contribution in [3.63, 3.8) is 0 Å². The summed E-state index contributed by atoms with van der Waals surface area (Å²) in [6.45, 7) is 2.51. The van der Waals surface area contributed by atoms with Crippen molar-refractivity contribution < 1.29 is 14.3 Å². The molecule has 0 bridgehead atoms. The van der Waals surface area contributed by atoms with E-state index in [2.05, 4.69) is 5.32 Å². The summed E-state index contributed by atoms with van der Waals surface area (Å²) in [6, 6.07) is 15.5. The highest BCUT2D eigenvalue weighted by Gasteiger charge is 2.49. The van der Waals surface area contributed by atoms with Crippen LogP contribution in [0.1, 0.15) is 17.5 Å². The van der Waals surface area contributed by atoms with Crippen LogP contribution in [0.2, 0.25) is 0 Å². The molecule has 1 aliphatic carbocycles. The second-order valence-electron chi connectivity index (χ2n) is 6.82. The Kier molecular flexibility index (Phi) is 5.26. The van der Waals surface area contributed by atoms with Crippen LogP contribution in [-0.4, -0.2) is 30.9 Å². The largest absolute Gasteiger partial charge is 0.495 e. The number of carbonyl (C=O) groups excluding carboxylic acids is 2. The third kappa shape index (κ3) is 4.04. The molecule has 1 fully saturated rings. The molecule has 1 N–H and O–H groups in total. The zero-order valence-corrected chi connectivity index (χ0v) is 15.4. The summed E-state index contributed by atoms with van der Waals surface area (Å²) in [6.07, 6.45) is 0.595. The van der Waals surface area contributed by atoms with Gasteiger partial charge in [0.25, 0.3) is 0 Å². The summed E-state index contributed by atoms with van der Waals surface area (Å²) in [7, 11) is 3.36. The van der Waals surface area contributed by atoms with Crippen molar-refractivity contribution in [2.24, 2.45) is 11.8 Å². The number of carbonyl (C=O) groups is 2. The standard InChI is InChI=1S/C21H24N2O3/c1-14-9-10-19(26-3)18(11-14)22-20(24)16-12-17(16)21(25)23(2)13-15-7-5-4-6-8-15/h4-11,16-17H,12-13H2,1-3H3,(H,22,24). The molecule has 5 heteroatoms. The van der Waals surface area contributed by atoms with Gasteiger partial charge in [0, 0.05) is 13.6 Å². The molecule has 0 spiro atoms. The molecule has 0 aliphatic heterocycles. The van der Waals surface area contributed by atoms with Crippen LogP contribution in [0, 0.1) is 18.8 Å². The van der Waals surface area contributed by atoms with Crippen molar-refractivity contribution >= 4 is 17.5 Å². The first-order valence-electron chi connectivity index (χ1n) is 8.74. The lowest BCUT2D eigenvalue weighted by molar-refractivity contribution is -0.133. The fraction of sp³-hybridized carbons (Fsp3) is 0.333. The Morgan fingerprint density at radius 1 is 1.15 bits per heavy atom. The van der Waals surface area contributed by atoms with Gasteiger partial charge in [0.2, 0.25) is 11.8 Å². The molecule has 2 unspecified atom stereocenters. The van der Waals surface area contributed by atoms with E-state index in [9.17, 15) is 9.59 Å². The van der Waals surface area contributed by atoms with Gasteiger partial charge < -0.3 is 15.0 Å². The molecule has 136 valence electrons. The molecule has 2 aromatic carbocycles. The Bertz CT molecular complexity index is 804. The smallest absolute Gasteiger partial charge is 0.228 e. The van der Waals surface area contributed by atoms with E-state index in [4.69, 9.17) is 4.74 Å². The van der Waals surface area contributed by atoms with Gasteiger partial charge in [-0.15, -0.1) is 0 Å². The Morgan fingerprint density at radius 2 is 1.88 bits per heavy atom. The van der Waals surface area contributed by atoms with Gasteiger partial charge in [-0.05, 0) is 36.6 Å². The number of ether oxygens (including phenoxy) is 1. The monoisotopic (exact) mass is 352 g/mol. The number of nitrogens with zero attached hydrogens (tertiary/aromatic N) is 1. The van der Waals surface area contributed by atoms with Crippen molar-refractivity contribution in [2.75, 3.05) is 19.5 Å². The van der Waals surface area contributed by atoms with Gasteiger partial charge in [0.05, 0.1) is 24.6 Å². The van der Waals surface area contributed by atoms with Gasteiger partial charge in [-0.1, -0.05) is 36.4 Å². The maximum Gasteiger partial charge on any atom is 0.228 e. The van der Waals surface area contributed by atoms with Crippen LogP contribution in [0.25, 0.3) is 0 Å². The van der Waals surface area contributed by atoms with E-state index in [0.717, 1.165) is 11.1 Å². The van der Waals surface area contributed by atoms with Crippen molar-refractivity contribution in [2.45, 2.75) is 19.9 Å². The molecule has 2 atom stereocenters. The van der Waals surface area contributed by atoms with Crippen LogP contribution >= 0.6 is 0 Å². The first-order valence-corrected chi connectivity index (χ1v) is 8.74. The Morgan fingerprint density at radius 3 is 2.58 bits per heavy atom. The van der Waals surface area contributed by atoms with Crippen LogP contribution < -0.4 is 10.1 Å². The second kappa shape index (κ2) is 7.60. The average molecular weight is 352 g/mol. The normalized spacial score (nSPS) is 18.1. The molecule has 1 saturated carbocycles. The zero-order chi connectivity index (χ0) is 18.7. The highest BCUT2D eigenvalue weighted by molar-refractivity contribution is 6.00. The number of hydrogen-bond donors (Lipinski definition) is 1. The summed E-state index contributed by atoms with van der Waals surface area (Å²) < 4.78 is 5.29. The third-order valence-corrected chi connectivity index (χ3v) is 4.70. The van der Waals surface area contributed by atoms with Crippen molar-refractivity contribution in [1.29, 1.82) is 0 Å². The van der Waals surface area contributed by atoms with E-state index in [1.807, 2.05) is 55.5 Å². The predicted octanol–water partition coefficient (Wildman–Crippen LogP) is 3.24. The summed E-state index contributed by atoms with van der Waals surface area (Å²) in [5, 5.41) is 2.90. The van der Waals surface area contributed by atoms with E-state index in [1.165, 1.54) is 0 Å². The molecular formula is C21H24N2O3. The van der Waals surface area contributed by atoms with Gasteiger partial charge >= 0.3 is 0 Å². The first kappa shape index (κ1) is 18.0. The molecule has 2 aromatic rings. The van der Waals surface area contributed by atoms with Gasteiger partial charge in [-0.25, -0.2) is 0 Å². The van der Waals surface area contributed by atoms with Crippen LogP contribution in [0.4, 0.5) is 5.69 Å². The Labute approximate surface area is 154 Å². The van der Waals surface area contributed by atoms with Crippen molar-refractivity contribution in [3.05, 3.63) is 59.7 Å². The summed E-state index contributed by atoms with van der Waals surface area (Å²) in [5.74, 6) is 0.00435. The van der Waals surface area contributed by atoms with Crippen molar-refractivity contribution in [1.82, 2.24) is 4.90 Å². The van der Waals surface area contributed by atoms with Gasteiger partial charge in [0.15, 0.2) is 0 Å². The molecule has 1 aliphatic rings. The first-order chi connectivity index (χ1) is 12.5. The van der Waals surface area contributed by atoms with E-state index in [1.54, 1.807) is 19.1 Å². The number of methoxy groups -OCH3 is 1. The summed E-state index contributed by atoms with van der Waals surface area (Å²) >= 11 is 0. The maximum atomic E-state index is 12.6. The highest BCUT2D eigenvalue weighted by Crippen LogP contribution is 2.41. The lowest BCUT2D eigenvalue weighted by atomic mass is 10.2. The number of aryl methyl sites for hydroxylation is 1. The predicted molar refractivity (Wildman–Crippen MR) is 101 cm³/mol. The Balaban J connectivity index is 1.58. The molecule has 0 saturated heterocycles. The number of anilines is 1. The van der Waals surface area contributed by atoms with Gasteiger partial charge in [-0.2, -0.15) is 0 Å². The maximum absolute atomic E-state index is 12.6. The van der Waals surface area contributed by atoms with Crippen LogP contribution in [0.3, 0.4) is 0 Å². The molecule has 0 aromatic heterocycles. The van der Waals surface area contributed by atoms with Crippen molar-refractivity contribution in [3.8, 4) is 5.75 Å². The Hall–Kier alpha value is -2.82. The van der Waals surface area contributed by atoms with E-state index >= 15 is 0 Å². The molecule has 5 nitrogen and oxygen atoms in total. The second-order valence-corrected chi connectivity index (χ2v) is 6.82. The summed E-state index contributed by atoms with van der Waals surface area (Å²) in [5.41, 5.74) is 2.76. The third-order valence-electron chi connectivity index (χ3n) is 4.70. The minimum absolute atomic E-state index is 0.0187. The molecule has 2 amide bonds. The summed E-state index contributed by atoms with van der Waals surface area (Å²) in [4.78, 5) is 26.8. The quantitative estimate of drug-likeness (QED) is 0.868. The fourth-order valence-corrected chi connectivity index (χ4v) is 3.12. The molecular weight excluding hydrogens is 328 g/mol. The van der Waals surface area contributed by atoms with Crippen LogP contribution in [0.15, 0.2) is 48.5 Å². The topological polar surface area (TPSA) is 58.6 Å². The average Bonchev–Trinajstić information content (AvgIpc) is 3.43. The SMILES string of the molecule is COc1ccc(C)cc1NC(=O)C1CC1C(=O)N(C)Cc1ccccc1. The number of nitrogens with one attached hydrogen (secondary N) is 1. The number of hydrogen-bond acceptors (Lipinski definition) is 3. The lowest BCUT2D eigenvalue weighted by Gasteiger charge is -2.17. The van der Waals surface area contributed by atoms with Crippen LogP contribution in [0.5, 0.6) is 5.75 Å². The zero-order valence-electron chi connectivity index (χ0n) is 15.4. The number of benzene rings is 2. The fourth-order valence-electron chi connectivity index (χ4n) is 3.12. The molecule has 26 heavy (non-hydrogen) atoms. The molecule has 0 radical (unpaired) electrons.